The van der Waals surface area contributed by atoms with E-state index in [4.69, 9.17) is 0 Å². The predicted octanol–water partition coefficient (Wildman–Crippen LogP) is 3.85. The Labute approximate surface area is 193 Å². The van der Waals surface area contributed by atoms with Gasteiger partial charge in [0.25, 0.3) is 5.91 Å². The molecule has 2 amide bonds. The summed E-state index contributed by atoms with van der Waals surface area (Å²) in [6, 6.07) is 3.72. The van der Waals surface area contributed by atoms with Crippen molar-refractivity contribution in [3.8, 4) is 11.3 Å². The number of rotatable bonds is 7. The summed E-state index contributed by atoms with van der Waals surface area (Å²) >= 11 is 1.22. The number of hydrogen-bond acceptors (Lipinski definition) is 5. The summed E-state index contributed by atoms with van der Waals surface area (Å²) in [5.74, 6) is -2.40. The second-order valence-electron chi connectivity index (χ2n) is 8.77. The second kappa shape index (κ2) is 9.65. The number of carbonyl (C=O) groups excluding carboxylic acids is 1. The van der Waals surface area contributed by atoms with Gasteiger partial charge in [0, 0.05) is 18.0 Å². The maximum Gasteiger partial charge on any atom is 0.404 e. The third-order valence-electron chi connectivity index (χ3n) is 5.20. The van der Waals surface area contributed by atoms with E-state index < -0.39 is 41.1 Å². The molecule has 0 fully saturated rings. The smallest absolute Gasteiger partial charge is 0.404 e. The van der Waals surface area contributed by atoms with Crippen LogP contribution in [-0.4, -0.2) is 44.2 Å². The Balaban J connectivity index is 1.90. The van der Waals surface area contributed by atoms with Gasteiger partial charge in [-0.1, -0.05) is 32.1 Å². The number of amides is 2. The van der Waals surface area contributed by atoms with Gasteiger partial charge in [-0.3, -0.25) is 4.79 Å². The van der Waals surface area contributed by atoms with Crippen LogP contribution in [0.2, 0.25) is 0 Å². The molecular formula is C22H25F2N5O3S. The Morgan fingerprint density at radius 3 is 2.48 bits per heavy atom. The molecule has 3 aromatic rings. The van der Waals surface area contributed by atoms with Crippen LogP contribution in [0.3, 0.4) is 0 Å². The van der Waals surface area contributed by atoms with E-state index in [1.807, 2.05) is 20.8 Å². The third kappa shape index (κ3) is 5.92. The van der Waals surface area contributed by atoms with Crippen molar-refractivity contribution in [1.82, 2.24) is 25.6 Å². The normalized spacial score (nSPS) is 13.4. The molecular weight excluding hydrogens is 452 g/mol. The zero-order chi connectivity index (χ0) is 24.3. The average molecular weight is 478 g/mol. The van der Waals surface area contributed by atoms with Crippen molar-refractivity contribution in [2.45, 2.75) is 39.3 Å². The number of thiophene rings is 1. The number of aryl methyl sites for hydroxylation is 1. The summed E-state index contributed by atoms with van der Waals surface area (Å²) < 4.78 is 28.8. The van der Waals surface area contributed by atoms with Crippen LogP contribution >= 0.6 is 11.3 Å². The minimum absolute atomic E-state index is 0.0923. The molecule has 176 valence electrons. The molecule has 3 rings (SSSR count). The Morgan fingerprint density at radius 2 is 1.91 bits per heavy atom. The van der Waals surface area contributed by atoms with E-state index in [9.17, 15) is 23.5 Å². The van der Waals surface area contributed by atoms with Gasteiger partial charge in [-0.25, -0.2) is 18.3 Å². The van der Waals surface area contributed by atoms with E-state index in [1.165, 1.54) is 17.4 Å². The van der Waals surface area contributed by atoms with Crippen molar-refractivity contribution in [3.05, 3.63) is 57.9 Å². The van der Waals surface area contributed by atoms with Gasteiger partial charge < -0.3 is 15.7 Å². The first kappa shape index (κ1) is 24.3. The molecule has 0 spiro atoms. The Hall–Kier alpha value is -3.34. The summed E-state index contributed by atoms with van der Waals surface area (Å²) in [5, 5.41) is 24.3. The van der Waals surface area contributed by atoms with Gasteiger partial charge in [0.1, 0.15) is 0 Å². The number of hydrogen-bond donors (Lipinski definition) is 3. The fourth-order valence-electron chi connectivity index (χ4n) is 3.61. The minimum Gasteiger partial charge on any atom is -0.465 e. The lowest BCUT2D eigenvalue weighted by atomic mass is 9.80. The molecule has 2 atom stereocenters. The summed E-state index contributed by atoms with van der Waals surface area (Å²) in [7, 11) is 1.74. The Bertz CT molecular complexity index is 1160. The number of benzene rings is 1. The molecule has 2 aromatic heterocycles. The van der Waals surface area contributed by atoms with Gasteiger partial charge in [-0.05, 0) is 35.6 Å². The fourth-order valence-corrected chi connectivity index (χ4v) is 4.41. The topological polar surface area (TPSA) is 109 Å². The lowest BCUT2D eigenvalue weighted by Gasteiger charge is -2.37. The zero-order valence-electron chi connectivity index (χ0n) is 18.6. The first-order chi connectivity index (χ1) is 15.5. The van der Waals surface area contributed by atoms with Crippen LogP contribution in [0, 0.1) is 17.0 Å². The average Bonchev–Trinajstić information content (AvgIpc) is 3.36. The Kier molecular flexibility index (Phi) is 7.11. The van der Waals surface area contributed by atoms with Crippen molar-refractivity contribution in [2.24, 2.45) is 12.5 Å². The highest BCUT2D eigenvalue weighted by Crippen LogP contribution is 2.27. The highest BCUT2D eigenvalue weighted by molar-refractivity contribution is 7.12. The van der Waals surface area contributed by atoms with Crippen LogP contribution < -0.4 is 10.6 Å². The number of carbonyl (C=O) groups is 2. The number of halogens is 2. The standard InChI is InChI=1S/C22H25F2N5O3S/c1-22(2,3)19(27-21(31)32)16(8-12-5-6-14(23)15(24)7-12)26-20(30)18-9-13(11-33-18)17-10-25-28-29(17)4/h5-7,9-11,16,19,27H,8H2,1-4H3,(H,26,30)(H,31,32)/t16-,19?/m0/s1. The Morgan fingerprint density at radius 1 is 1.18 bits per heavy atom. The van der Waals surface area contributed by atoms with E-state index in [0.717, 1.165) is 23.4 Å². The molecule has 3 N–H and O–H groups in total. The lowest BCUT2D eigenvalue weighted by Crippen LogP contribution is -2.58. The SMILES string of the molecule is Cn1nncc1-c1csc(C(=O)N[C@@H](Cc2ccc(F)c(F)c2)C(NC(=O)O)C(C)(C)C)c1. The molecule has 8 nitrogen and oxygen atoms in total. The van der Waals surface area contributed by atoms with Crippen molar-refractivity contribution >= 4 is 23.3 Å². The second-order valence-corrected chi connectivity index (χ2v) is 9.68. The molecule has 0 bridgehead atoms. The van der Waals surface area contributed by atoms with E-state index in [1.54, 1.807) is 29.4 Å². The van der Waals surface area contributed by atoms with Crippen LogP contribution in [0.1, 0.15) is 36.0 Å². The van der Waals surface area contributed by atoms with E-state index in [0.29, 0.717) is 10.4 Å². The number of carboxylic acid groups (broad SMARTS) is 1. The molecule has 33 heavy (non-hydrogen) atoms. The third-order valence-corrected chi connectivity index (χ3v) is 6.13. The molecule has 1 aromatic carbocycles. The summed E-state index contributed by atoms with van der Waals surface area (Å²) in [5.41, 5.74) is 1.35. The number of nitrogens with zero attached hydrogens (tertiary/aromatic N) is 3. The van der Waals surface area contributed by atoms with Gasteiger partial charge in [0.05, 0.1) is 28.9 Å². The van der Waals surface area contributed by atoms with Gasteiger partial charge >= 0.3 is 6.09 Å². The number of nitrogens with one attached hydrogen (secondary N) is 2. The van der Waals surface area contributed by atoms with Crippen molar-refractivity contribution in [1.29, 1.82) is 0 Å². The van der Waals surface area contributed by atoms with Gasteiger partial charge in [0.2, 0.25) is 0 Å². The van der Waals surface area contributed by atoms with Crippen LogP contribution in [0.15, 0.2) is 35.8 Å². The molecule has 0 saturated carbocycles. The van der Waals surface area contributed by atoms with Crippen LogP contribution in [0.5, 0.6) is 0 Å². The van der Waals surface area contributed by atoms with E-state index >= 15 is 0 Å². The van der Waals surface area contributed by atoms with Gasteiger partial charge in [-0.2, -0.15) is 0 Å². The zero-order valence-corrected chi connectivity index (χ0v) is 19.4. The highest BCUT2D eigenvalue weighted by Gasteiger charge is 2.35. The van der Waals surface area contributed by atoms with Crippen molar-refractivity contribution < 1.29 is 23.5 Å². The molecule has 0 aliphatic heterocycles. The molecule has 0 aliphatic rings. The molecule has 11 heteroatoms. The fraction of sp³-hybridized carbons (Fsp3) is 0.364. The van der Waals surface area contributed by atoms with Crippen LogP contribution in [-0.2, 0) is 13.5 Å². The van der Waals surface area contributed by atoms with Crippen molar-refractivity contribution in [2.75, 3.05) is 0 Å². The number of aromatic nitrogens is 3. The van der Waals surface area contributed by atoms with Gasteiger partial charge in [-0.15, -0.1) is 16.4 Å². The lowest BCUT2D eigenvalue weighted by molar-refractivity contribution is 0.0905. The molecule has 0 aliphatic carbocycles. The maximum atomic E-state index is 13.8. The molecule has 0 saturated heterocycles. The summed E-state index contributed by atoms with van der Waals surface area (Å²) in [6.07, 6.45) is 0.429. The first-order valence-electron chi connectivity index (χ1n) is 10.1. The molecule has 2 heterocycles. The maximum absolute atomic E-state index is 13.8. The highest BCUT2D eigenvalue weighted by atomic mass is 32.1. The quantitative estimate of drug-likeness (QED) is 0.479. The van der Waals surface area contributed by atoms with Gasteiger partial charge in [0.15, 0.2) is 11.6 Å². The van der Waals surface area contributed by atoms with Crippen LogP contribution in [0.4, 0.5) is 13.6 Å². The van der Waals surface area contributed by atoms with Crippen LogP contribution in [0.25, 0.3) is 11.3 Å². The van der Waals surface area contributed by atoms with E-state index in [-0.39, 0.29) is 6.42 Å². The van der Waals surface area contributed by atoms with Crippen molar-refractivity contribution in [3.63, 3.8) is 0 Å². The predicted molar refractivity (Wildman–Crippen MR) is 120 cm³/mol. The first-order valence-corrected chi connectivity index (χ1v) is 11.0. The molecule has 1 unspecified atom stereocenters. The summed E-state index contributed by atoms with van der Waals surface area (Å²) in [4.78, 5) is 25.0. The van der Waals surface area contributed by atoms with E-state index in [2.05, 4.69) is 20.9 Å². The monoisotopic (exact) mass is 477 g/mol. The summed E-state index contributed by atoms with van der Waals surface area (Å²) in [6.45, 7) is 5.49. The minimum atomic E-state index is -1.25. The largest absolute Gasteiger partial charge is 0.465 e. The molecule has 0 radical (unpaired) electrons.